The second-order valence-corrected chi connectivity index (χ2v) is 4.58. The zero-order chi connectivity index (χ0) is 11.6. The molecule has 0 aliphatic carbocycles. The lowest BCUT2D eigenvalue weighted by Gasteiger charge is -2.11. The topological polar surface area (TPSA) is 33.7 Å². The summed E-state index contributed by atoms with van der Waals surface area (Å²) in [4.78, 5) is 2.40. The predicted molar refractivity (Wildman–Crippen MR) is 65.8 cm³/mol. The minimum Gasteiger partial charge on any atom is -0.382 e. The van der Waals surface area contributed by atoms with E-state index in [1.807, 2.05) is 0 Å². The quantitative estimate of drug-likeness (QED) is 0.588. The van der Waals surface area contributed by atoms with Gasteiger partial charge in [0.2, 0.25) is 0 Å². The molecule has 4 heteroatoms. The van der Waals surface area contributed by atoms with Crippen LogP contribution in [-0.2, 0) is 9.47 Å². The van der Waals surface area contributed by atoms with Gasteiger partial charge in [0.05, 0.1) is 13.2 Å². The van der Waals surface area contributed by atoms with Crippen LogP contribution in [0.2, 0.25) is 0 Å². The second kappa shape index (κ2) is 8.93. The Morgan fingerprint density at radius 1 is 1.31 bits per heavy atom. The van der Waals surface area contributed by atoms with Gasteiger partial charge in [-0.05, 0) is 45.4 Å². The van der Waals surface area contributed by atoms with Crippen LogP contribution in [-0.4, -0.2) is 65.1 Å². The van der Waals surface area contributed by atoms with Crippen LogP contribution in [0.25, 0.3) is 0 Å². The molecule has 0 radical (unpaired) electrons. The van der Waals surface area contributed by atoms with Crippen molar-refractivity contribution < 1.29 is 9.47 Å². The molecule has 1 aliphatic rings. The van der Waals surface area contributed by atoms with Crippen LogP contribution >= 0.6 is 0 Å². The number of hydrogen-bond donors (Lipinski definition) is 1. The van der Waals surface area contributed by atoms with Crippen LogP contribution in [0.4, 0.5) is 0 Å². The van der Waals surface area contributed by atoms with Crippen molar-refractivity contribution in [2.45, 2.75) is 12.8 Å². The average molecular weight is 230 g/mol. The number of nitrogens with one attached hydrogen (secondary N) is 1. The first-order valence-electron chi connectivity index (χ1n) is 6.29. The van der Waals surface area contributed by atoms with Gasteiger partial charge in [0.15, 0.2) is 0 Å². The molecular weight excluding hydrogens is 204 g/mol. The first-order chi connectivity index (χ1) is 7.83. The normalized spacial score (nSPS) is 21.8. The summed E-state index contributed by atoms with van der Waals surface area (Å²) >= 11 is 0. The third-order valence-electron chi connectivity index (χ3n) is 3.00. The number of ether oxygens (including phenoxy) is 2. The fraction of sp³-hybridized carbons (Fsp3) is 1.00. The third-order valence-corrected chi connectivity index (χ3v) is 3.00. The lowest BCUT2D eigenvalue weighted by atomic mass is 10.1. The number of nitrogens with zero attached hydrogens (tertiary/aromatic N) is 1. The SMILES string of the molecule is COCCOCCCNCC1CCN(C)C1. The van der Waals surface area contributed by atoms with Crippen LogP contribution in [0, 0.1) is 5.92 Å². The molecular formula is C12H26N2O2. The molecule has 16 heavy (non-hydrogen) atoms. The molecule has 0 aromatic rings. The molecule has 96 valence electrons. The highest BCUT2D eigenvalue weighted by Gasteiger charge is 2.18. The molecule has 1 aliphatic heterocycles. The Bertz CT molecular complexity index is 167. The van der Waals surface area contributed by atoms with Crippen molar-refractivity contribution in [2.24, 2.45) is 5.92 Å². The van der Waals surface area contributed by atoms with Crippen molar-refractivity contribution in [2.75, 3.05) is 60.2 Å². The third kappa shape index (κ3) is 6.43. The molecule has 0 aromatic heterocycles. The Balaban J connectivity index is 1.78. The minimum atomic E-state index is 0.696. The molecule has 4 nitrogen and oxygen atoms in total. The molecule has 0 aromatic carbocycles. The smallest absolute Gasteiger partial charge is 0.0700 e. The Morgan fingerprint density at radius 2 is 2.19 bits per heavy atom. The van der Waals surface area contributed by atoms with Gasteiger partial charge in [-0.3, -0.25) is 0 Å². The highest BCUT2D eigenvalue weighted by atomic mass is 16.5. The van der Waals surface area contributed by atoms with E-state index in [1.54, 1.807) is 7.11 Å². The van der Waals surface area contributed by atoms with Crippen LogP contribution in [0.15, 0.2) is 0 Å². The van der Waals surface area contributed by atoms with Gasteiger partial charge in [-0.15, -0.1) is 0 Å². The van der Waals surface area contributed by atoms with E-state index in [2.05, 4.69) is 17.3 Å². The van der Waals surface area contributed by atoms with E-state index in [0.29, 0.717) is 13.2 Å². The van der Waals surface area contributed by atoms with Crippen LogP contribution in [0.5, 0.6) is 0 Å². The predicted octanol–water partition coefficient (Wildman–Crippen LogP) is 0.581. The van der Waals surface area contributed by atoms with Gasteiger partial charge >= 0.3 is 0 Å². The van der Waals surface area contributed by atoms with Gasteiger partial charge in [0.1, 0.15) is 0 Å². The zero-order valence-electron chi connectivity index (χ0n) is 10.7. The van der Waals surface area contributed by atoms with Crippen LogP contribution in [0.3, 0.4) is 0 Å². The van der Waals surface area contributed by atoms with Crippen LogP contribution < -0.4 is 5.32 Å². The summed E-state index contributed by atoms with van der Waals surface area (Å²) in [7, 11) is 3.90. The number of hydrogen-bond acceptors (Lipinski definition) is 4. The van der Waals surface area contributed by atoms with Crippen molar-refractivity contribution in [1.82, 2.24) is 10.2 Å². The average Bonchev–Trinajstić information content (AvgIpc) is 2.68. The Hall–Kier alpha value is -0.160. The summed E-state index contributed by atoms with van der Waals surface area (Å²) < 4.78 is 10.3. The number of rotatable bonds is 9. The highest BCUT2D eigenvalue weighted by molar-refractivity contribution is 4.74. The second-order valence-electron chi connectivity index (χ2n) is 4.58. The fourth-order valence-electron chi connectivity index (χ4n) is 2.04. The van der Waals surface area contributed by atoms with Crippen LogP contribution in [0.1, 0.15) is 12.8 Å². The molecule has 1 fully saturated rings. The largest absolute Gasteiger partial charge is 0.382 e. The summed E-state index contributed by atoms with van der Waals surface area (Å²) in [6, 6.07) is 0. The number of likely N-dealkylation sites (tertiary alicyclic amines) is 1. The van der Waals surface area contributed by atoms with Gasteiger partial charge in [-0.2, -0.15) is 0 Å². The molecule has 1 unspecified atom stereocenters. The Kier molecular flexibility index (Phi) is 7.76. The maximum absolute atomic E-state index is 5.39. The fourth-order valence-corrected chi connectivity index (χ4v) is 2.04. The first kappa shape index (κ1) is 13.9. The standard InChI is InChI=1S/C12H26N2O2/c1-14-6-4-12(11-14)10-13-5-3-7-16-9-8-15-2/h12-13H,3-11H2,1-2H3. The molecule has 0 bridgehead atoms. The lowest BCUT2D eigenvalue weighted by molar-refractivity contribution is 0.0694. The molecule has 1 rings (SSSR count). The van der Waals surface area contributed by atoms with E-state index in [0.717, 1.165) is 32.0 Å². The highest BCUT2D eigenvalue weighted by Crippen LogP contribution is 2.12. The first-order valence-corrected chi connectivity index (χ1v) is 6.29. The van der Waals surface area contributed by atoms with E-state index < -0.39 is 0 Å². The summed E-state index contributed by atoms with van der Waals surface area (Å²) in [5.41, 5.74) is 0. The zero-order valence-corrected chi connectivity index (χ0v) is 10.7. The molecule has 0 saturated carbocycles. The Morgan fingerprint density at radius 3 is 2.88 bits per heavy atom. The molecule has 1 N–H and O–H groups in total. The molecule has 1 atom stereocenters. The minimum absolute atomic E-state index is 0.696. The van der Waals surface area contributed by atoms with E-state index in [9.17, 15) is 0 Å². The maximum atomic E-state index is 5.39. The van der Waals surface area contributed by atoms with E-state index >= 15 is 0 Å². The van der Waals surface area contributed by atoms with E-state index in [1.165, 1.54) is 19.5 Å². The summed E-state index contributed by atoms with van der Waals surface area (Å²) in [5, 5.41) is 3.50. The van der Waals surface area contributed by atoms with Crippen molar-refractivity contribution in [3.05, 3.63) is 0 Å². The van der Waals surface area contributed by atoms with Gasteiger partial charge < -0.3 is 19.7 Å². The van der Waals surface area contributed by atoms with Crippen molar-refractivity contribution in [3.63, 3.8) is 0 Å². The monoisotopic (exact) mass is 230 g/mol. The van der Waals surface area contributed by atoms with Crippen molar-refractivity contribution >= 4 is 0 Å². The Labute approximate surface area is 99.3 Å². The number of methoxy groups -OCH3 is 1. The molecule has 1 saturated heterocycles. The van der Waals surface area contributed by atoms with Gasteiger partial charge in [0.25, 0.3) is 0 Å². The maximum Gasteiger partial charge on any atom is 0.0700 e. The van der Waals surface area contributed by atoms with Gasteiger partial charge in [-0.1, -0.05) is 0 Å². The molecule has 0 amide bonds. The summed E-state index contributed by atoms with van der Waals surface area (Å²) in [5.74, 6) is 0.847. The van der Waals surface area contributed by atoms with Crippen molar-refractivity contribution in [1.29, 1.82) is 0 Å². The van der Waals surface area contributed by atoms with Gasteiger partial charge in [0, 0.05) is 20.3 Å². The van der Waals surface area contributed by atoms with E-state index in [4.69, 9.17) is 9.47 Å². The van der Waals surface area contributed by atoms with Crippen molar-refractivity contribution in [3.8, 4) is 0 Å². The van der Waals surface area contributed by atoms with Gasteiger partial charge in [-0.25, -0.2) is 0 Å². The lowest BCUT2D eigenvalue weighted by Crippen LogP contribution is -2.26. The summed E-state index contributed by atoms with van der Waals surface area (Å²) in [6.45, 7) is 6.96. The molecule has 0 spiro atoms. The van der Waals surface area contributed by atoms with E-state index in [-0.39, 0.29) is 0 Å². The summed E-state index contributed by atoms with van der Waals surface area (Å²) in [6.07, 6.45) is 2.43. The molecule has 1 heterocycles.